The SMILES string of the molecule is O=C(O)COC(=O)Cc1ccccc1Nc1c(Cl)cccc1Cl.[KH]. The van der Waals surface area contributed by atoms with Gasteiger partial charge < -0.3 is 15.2 Å². The Morgan fingerprint density at radius 2 is 1.67 bits per heavy atom. The molecule has 0 aliphatic carbocycles. The van der Waals surface area contributed by atoms with Crippen LogP contribution in [0, 0.1) is 0 Å². The number of carbonyl (C=O) groups is 2. The number of para-hydroxylation sites is 2. The van der Waals surface area contributed by atoms with Gasteiger partial charge in [0.2, 0.25) is 0 Å². The predicted molar refractivity (Wildman–Crippen MR) is 95.6 cm³/mol. The number of carbonyl (C=O) groups excluding carboxylic acids is 1. The quantitative estimate of drug-likeness (QED) is 0.581. The Morgan fingerprint density at radius 1 is 1.04 bits per heavy atom. The van der Waals surface area contributed by atoms with Crippen molar-refractivity contribution in [1.29, 1.82) is 0 Å². The van der Waals surface area contributed by atoms with E-state index in [0.29, 0.717) is 27.0 Å². The van der Waals surface area contributed by atoms with Gasteiger partial charge in [-0.1, -0.05) is 47.5 Å². The van der Waals surface area contributed by atoms with E-state index in [2.05, 4.69) is 10.1 Å². The Kier molecular flexibility index (Phi) is 9.29. The van der Waals surface area contributed by atoms with Crippen molar-refractivity contribution in [2.24, 2.45) is 0 Å². The number of nitrogens with one attached hydrogen (secondary N) is 1. The number of aliphatic carboxylic acids is 1. The molecule has 2 rings (SSSR count). The second-order valence-corrected chi connectivity index (χ2v) is 5.42. The van der Waals surface area contributed by atoms with E-state index < -0.39 is 18.5 Å². The van der Waals surface area contributed by atoms with E-state index in [4.69, 9.17) is 28.3 Å². The van der Waals surface area contributed by atoms with Gasteiger partial charge in [-0.2, -0.15) is 0 Å². The molecular formula is C16H14Cl2KNO4. The van der Waals surface area contributed by atoms with E-state index in [1.165, 1.54) is 0 Å². The molecule has 0 unspecified atom stereocenters. The van der Waals surface area contributed by atoms with Crippen molar-refractivity contribution >= 4 is 97.9 Å². The second kappa shape index (κ2) is 10.4. The van der Waals surface area contributed by atoms with Gasteiger partial charge in [0.25, 0.3) is 0 Å². The molecule has 24 heavy (non-hydrogen) atoms. The van der Waals surface area contributed by atoms with E-state index in [0.717, 1.165) is 0 Å². The first-order chi connectivity index (χ1) is 11.0. The summed E-state index contributed by atoms with van der Waals surface area (Å²) < 4.78 is 4.64. The first kappa shape index (κ1) is 21.4. The van der Waals surface area contributed by atoms with Crippen molar-refractivity contribution in [3.63, 3.8) is 0 Å². The molecule has 0 amide bonds. The number of carboxylic acid groups (broad SMARTS) is 1. The first-order valence-corrected chi connectivity index (χ1v) is 7.39. The number of carboxylic acids is 1. The third kappa shape index (κ3) is 6.36. The van der Waals surface area contributed by atoms with Crippen molar-refractivity contribution < 1.29 is 19.4 Å². The minimum atomic E-state index is -1.20. The molecule has 0 aliphatic heterocycles. The fourth-order valence-electron chi connectivity index (χ4n) is 1.90. The molecule has 2 N–H and O–H groups in total. The summed E-state index contributed by atoms with van der Waals surface area (Å²) in [6.07, 6.45) is -0.0709. The standard InChI is InChI=1S/C16H13Cl2NO4.K.H/c17-11-5-3-6-12(18)16(11)19-13-7-2-1-4-10(13)8-15(22)23-9-14(20)21;;/h1-7,19H,8-9H2,(H,20,21);;. The maximum absolute atomic E-state index is 11.7. The second-order valence-electron chi connectivity index (χ2n) is 4.61. The normalized spacial score (nSPS) is 9.75. The fourth-order valence-corrected chi connectivity index (χ4v) is 2.39. The van der Waals surface area contributed by atoms with Crippen LogP contribution in [0.4, 0.5) is 11.4 Å². The first-order valence-electron chi connectivity index (χ1n) is 6.63. The van der Waals surface area contributed by atoms with Crippen molar-refractivity contribution in [3.05, 3.63) is 58.1 Å². The summed E-state index contributed by atoms with van der Waals surface area (Å²) in [6.45, 7) is -0.662. The molecule has 0 heterocycles. The van der Waals surface area contributed by atoms with E-state index in [1.807, 2.05) is 0 Å². The van der Waals surface area contributed by atoms with Gasteiger partial charge in [-0.05, 0) is 23.8 Å². The van der Waals surface area contributed by atoms with Crippen molar-refractivity contribution in [2.45, 2.75) is 6.42 Å². The van der Waals surface area contributed by atoms with Crippen LogP contribution in [0.1, 0.15) is 5.56 Å². The molecular weight excluding hydrogens is 380 g/mol. The van der Waals surface area contributed by atoms with E-state index >= 15 is 0 Å². The summed E-state index contributed by atoms with van der Waals surface area (Å²) in [5.74, 6) is -1.83. The molecule has 122 valence electrons. The van der Waals surface area contributed by atoms with Gasteiger partial charge in [-0.3, -0.25) is 4.79 Å². The molecule has 0 aromatic heterocycles. The number of hydrogen-bond acceptors (Lipinski definition) is 4. The fraction of sp³-hybridized carbons (Fsp3) is 0.125. The molecule has 0 radical (unpaired) electrons. The van der Waals surface area contributed by atoms with Crippen LogP contribution in [0.3, 0.4) is 0 Å². The average Bonchev–Trinajstić information content (AvgIpc) is 2.50. The Hall–Kier alpha value is -0.604. The Morgan fingerprint density at radius 3 is 2.29 bits per heavy atom. The maximum atomic E-state index is 11.7. The summed E-state index contributed by atoms with van der Waals surface area (Å²) >= 11 is 12.2. The Balaban J connectivity index is 0.00000288. The number of esters is 1. The Bertz CT molecular complexity index is 720. The molecule has 0 bridgehead atoms. The van der Waals surface area contributed by atoms with Gasteiger partial charge in [-0.25, -0.2) is 4.79 Å². The average molecular weight is 394 g/mol. The summed E-state index contributed by atoms with van der Waals surface area (Å²) in [5, 5.41) is 12.5. The van der Waals surface area contributed by atoms with E-state index in [9.17, 15) is 9.59 Å². The molecule has 2 aromatic rings. The molecule has 0 spiro atoms. The zero-order valence-electron chi connectivity index (χ0n) is 11.9. The van der Waals surface area contributed by atoms with Gasteiger partial charge in [0.15, 0.2) is 6.61 Å². The van der Waals surface area contributed by atoms with Gasteiger partial charge in [-0.15, -0.1) is 0 Å². The summed E-state index contributed by atoms with van der Waals surface area (Å²) in [5.41, 5.74) is 1.80. The van der Waals surface area contributed by atoms with Gasteiger partial charge in [0, 0.05) is 5.69 Å². The molecule has 0 aliphatic rings. The van der Waals surface area contributed by atoms with Crippen LogP contribution in [0.15, 0.2) is 42.5 Å². The monoisotopic (exact) mass is 393 g/mol. The topological polar surface area (TPSA) is 75.6 Å². The van der Waals surface area contributed by atoms with Crippen LogP contribution in [0.25, 0.3) is 0 Å². The third-order valence-electron chi connectivity index (χ3n) is 2.93. The molecule has 8 heteroatoms. The third-order valence-corrected chi connectivity index (χ3v) is 3.56. The molecule has 2 aromatic carbocycles. The Labute approximate surface area is 191 Å². The number of halogens is 2. The molecule has 0 saturated carbocycles. The summed E-state index contributed by atoms with van der Waals surface area (Å²) in [4.78, 5) is 22.1. The number of anilines is 2. The zero-order valence-corrected chi connectivity index (χ0v) is 13.4. The molecule has 0 saturated heterocycles. The van der Waals surface area contributed by atoms with Crippen molar-refractivity contribution in [2.75, 3.05) is 11.9 Å². The van der Waals surface area contributed by atoms with Crippen LogP contribution < -0.4 is 5.32 Å². The van der Waals surface area contributed by atoms with Gasteiger partial charge in [0.1, 0.15) is 0 Å². The zero-order chi connectivity index (χ0) is 16.8. The van der Waals surface area contributed by atoms with Crippen LogP contribution in [0.5, 0.6) is 0 Å². The number of hydrogen-bond donors (Lipinski definition) is 2. The molecule has 5 nitrogen and oxygen atoms in total. The van der Waals surface area contributed by atoms with E-state index in [1.54, 1.807) is 42.5 Å². The van der Waals surface area contributed by atoms with Crippen molar-refractivity contribution in [3.8, 4) is 0 Å². The number of benzene rings is 2. The molecule has 0 atom stereocenters. The van der Waals surface area contributed by atoms with Gasteiger partial charge >= 0.3 is 63.3 Å². The number of ether oxygens (including phenoxy) is 1. The van der Waals surface area contributed by atoms with E-state index in [-0.39, 0.29) is 57.8 Å². The van der Waals surface area contributed by atoms with Crippen LogP contribution in [0.2, 0.25) is 10.0 Å². The van der Waals surface area contributed by atoms with Crippen LogP contribution in [-0.4, -0.2) is 75.0 Å². The van der Waals surface area contributed by atoms with Crippen LogP contribution in [-0.2, 0) is 20.7 Å². The summed E-state index contributed by atoms with van der Waals surface area (Å²) in [7, 11) is 0. The van der Waals surface area contributed by atoms with Gasteiger partial charge in [0.05, 0.1) is 22.2 Å². The number of rotatable bonds is 6. The minimum absolute atomic E-state index is 0. The van der Waals surface area contributed by atoms with Crippen molar-refractivity contribution in [1.82, 2.24) is 0 Å². The van der Waals surface area contributed by atoms with Crippen LogP contribution >= 0.6 is 23.2 Å². The molecule has 0 fully saturated rings. The predicted octanol–water partition coefficient (Wildman–Crippen LogP) is 3.26. The summed E-state index contributed by atoms with van der Waals surface area (Å²) in [6, 6.07) is 12.2.